The minimum atomic E-state index is -0.349. The number of halogens is 2. The minimum absolute atomic E-state index is 0.303. The molecule has 0 spiro atoms. The zero-order valence-corrected chi connectivity index (χ0v) is 8.55. The van der Waals surface area contributed by atoms with Crippen molar-refractivity contribution in [3.05, 3.63) is 40.8 Å². The molecule has 0 atom stereocenters. The monoisotopic (exact) mass is 225 g/mol. The predicted octanol–water partition coefficient (Wildman–Crippen LogP) is 2.33. The Morgan fingerprint density at radius 1 is 1.47 bits per heavy atom. The van der Waals surface area contributed by atoms with E-state index < -0.39 is 0 Å². The van der Waals surface area contributed by atoms with Gasteiger partial charge in [-0.3, -0.25) is 5.10 Å². The first-order valence-electron chi connectivity index (χ1n) is 4.40. The van der Waals surface area contributed by atoms with Gasteiger partial charge in [-0.1, -0.05) is 11.6 Å². The Morgan fingerprint density at radius 3 is 3.00 bits per heavy atom. The average molecular weight is 226 g/mol. The van der Waals surface area contributed by atoms with Crippen molar-refractivity contribution < 1.29 is 4.39 Å². The SMILES string of the molecule is NCc1cn[nH]c1-c1cc(Cl)ccc1F. The molecule has 0 aliphatic heterocycles. The van der Waals surface area contributed by atoms with E-state index in [1.807, 2.05) is 0 Å². The first-order chi connectivity index (χ1) is 7.22. The molecule has 3 nitrogen and oxygen atoms in total. The molecular weight excluding hydrogens is 217 g/mol. The number of aromatic amines is 1. The number of rotatable bonds is 2. The standard InChI is InChI=1S/C10H9ClFN3/c11-7-1-2-9(12)8(3-7)10-6(4-13)5-14-15-10/h1-3,5H,4,13H2,(H,14,15). The first-order valence-corrected chi connectivity index (χ1v) is 4.78. The van der Waals surface area contributed by atoms with Crippen molar-refractivity contribution in [1.29, 1.82) is 0 Å². The normalized spacial score (nSPS) is 10.6. The maximum Gasteiger partial charge on any atom is 0.132 e. The molecule has 0 bridgehead atoms. The lowest BCUT2D eigenvalue weighted by molar-refractivity contribution is 0.630. The average Bonchev–Trinajstić information content (AvgIpc) is 2.69. The summed E-state index contributed by atoms with van der Waals surface area (Å²) in [4.78, 5) is 0. The van der Waals surface area contributed by atoms with Crippen LogP contribution in [0.5, 0.6) is 0 Å². The van der Waals surface area contributed by atoms with Crippen molar-refractivity contribution in [3.63, 3.8) is 0 Å². The van der Waals surface area contributed by atoms with E-state index in [1.165, 1.54) is 12.1 Å². The van der Waals surface area contributed by atoms with Crippen LogP contribution in [0.2, 0.25) is 5.02 Å². The van der Waals surface area contributed by atoms with Gasteiger partial charge in [0, 0.05) is 22.7 Å². The quantitative estimate of drug-likeness (QED) is 0.824. The maximum absolute atomic E-state index is 13.5. The molecule has 2 aromatic rings. The number of H-pyrrole nitrogens is 1. The lowest BCUT2D eigenvalue weighted by atomic mass is 10.1. The molecule has 5 heteroatoms. The summed E-state index contributed by atoms with van der Waals surface area (Å²) in [5, 5.41) is 7.01. The molecule has 0 aliphatic carbocycles. The molecule has 0 amide bonds. The molecule has 1 aromatic heterocycles. The summed E-state index contributed by atoms with van der Waals surface area (Å²) in [6.45, 7) is 0.303. The molecule has 0 saturated heterocycles. The minimum Gasteiger partial charge on any atom is -0.326 e. The smallest absolute Gasteiger partial charge is 0.132 e. The fourth-order valence-electron chi connectivity index (χ4n) is 1.39. The summed E-state index contributed by atoms with van der Waals surface area (Å²) in [5.41, 5.74) is 7.24. The molecule has 0 aliphatic rings. The molecule has 0 unspecified atom stereocenters. The van der Waals surface area contributed by atoms with Crippen LogP contribution >= 0.6 is 11.6 Å². The van der Waals surface area contributed by atoms with Crippen molar-refractivity contribution in [2.24, 2.45) is 5.73 Å². The molecule has 78 valence electrons. The largest absolute Gasteiger partial charge is 0.326 e. The number of hydrogen-bond donors (Lipinski definition) is 2. The van der Waals surface area contributed by atoms with Crippen molar-refractivity contribution in [1.82, 2.24) is 10.2 Å². The maximum atomic E-state index is 13.5. The number of nitrogens with two attached hydrogens (primary N) is 1. The second-order valence-corrected chi connectivity index (χ2v) is 3.53. The molecule has 1 heterocycles. The Balaban J connectivity index is 2.58. The summed E-state index contributed by atoms with van der Waals surface area (Å²) in [6, 6.07) is 4.36. The van der Waals surface area contributed by atoms with Crippen molar-refractivity contribution in [2.75, 3.05) is 0 Å². The number of benzene rings is 1. The van der Waals surface area contributed by atoms with Crippen molar-refractivity contribution in [2.45, 2.75) is 6.54 Å². The summed E-state index contributed by atoms with van der Waals surface area (Å²) in [6.07, 6.45) is 1.58. The molecule has 1 aromatic carbocycles. The van der Waals surface area contributed by atoms with Crippen molar-refractivity contribution in [3.8, 4) is 11.3 Å². The Labute approximate surface area is 91.1 Å². The number of hydrogen-bond acceptors (Lipinski definition) is 2. The van der Waals surface area contributed by atoms with E-state index in [-0.39, 0.29) is 5.82 Å². The molecule has 2 rings (SSSR count). The molecule has 0 radical (unpaired) electrons. The molecule has 15 heavy (non-hydrogen) atoms. The van der Waals surface area contributed by atoms with Gasteiger partial charge in [-0.25, -0.2) is 4.39 Å². The highest BCUT2D eigenvalue weighted by atomic mass is 35.5. The van der Waals surface area contributed by atoms with E-state index >= 15 is 0 Å². The molecule has 0 fully saturated rings. The topological polar surface area (TPSA) is 54.7 Å². The fourth-order valence-corrected chi connectivity index (χ4v) is 1.56. The van der Waals surface area contributed by atoms with Crippen LogP contribution in [-0.2, 0) is 6.54 Å². The predicted molar refractivity (Wildman–Crippen MR) is 56.9 cm³/mol. The summed E-state index contributed by atoms with van der Waals surface area (Å²) < 4.78 is 13.5. The highest BCUT2D eigenvalue weighted by molar-refractivity contribution is 6.30. The van der Waals surface area contributed by atoms with Gasteiger partial charge in [-0.15, -0.1) is 0 Å². The zero-order valence-electron chi connectivity index (χ0n) is 7.80. The van der Waals surface area contributed by atoms with Gasteiger partial charge in [0.2, 0.25) is 0 Å². The van der Waals surface area contributed by atoms with Crippen LogP contribution in [0, 0.1) is 5.82 Å². The highest BCUT2D eigenvalue weighted by Crippen LogP contribution is 2.26. The van der Waals surface area contributed by atoms with E-state index in [9.17, 15) is 4.39 Å². The first kappa shape index (κ1) is 10.1. The fraction of sp³-hybridized carbons (Fsp3) is 0.100. The lowest BCUT2D eigenvalue weighted by Crippen LogP contribution is -1.97. The lowest BCUT2D eigenvalue weighted by Gasteiger charge is -2.03. The number of nitrogens with one attached hydrogen (secondary N) is 1. The third-order valence-corrected chi connectivity index (χ3v) is 2.37. The zero-order chi connectivity index (χ0) is 10.8. The Bertz CT molecular complexity index is 481. The second kappa shape index (κ2) is 4.00. The van der Waals surface area contributed by atoms with Gasteiger partial charge < -0.3 is 5.73 Å². The number of aromatic nitrogens is 2. The molecular formula is C10H9ClFN3. The molecule has 3 N–H and O–H groups in total. The van der Waals surface area contributed by atoms with Crippen LogP contribution in [0.15, 0.2) is 24.4 Å². The Kier molecular flexibility index (Phi) is 2.70. The van der Waals surface area contributed by atoms with Gasteiger partial charge in [0.1, 0.15) is 5.82 Å². The van der Waals surface area contributed by atoms with Crippen LogP contribution in [0.1, 0.15) is 5.56 Å². The van der Waals surface area contributed by atoms with Gasteiger partial charge in [-0.2, -0.15) is 5.10 Å². The third kappa shape index (κ3) is 1.86. The van der Waals surface area contributed by atoms with E-state index in [2.05, 4.69) is 10.2 Å². The van der Waals surface area contributed by atoms with Gasteiger partial charge in [0.25, 0.3) is 0 Å². The van der Waals surface area contributed by atoms with E-state index in [4.69, 9.17) is 17.3 Å². The van der Waals surface area contributed by atoms with Gasteiger partial charge in [-0.05, 0) is 18.2 Å². The van der Waals surface area contributed by atoms with E-state index in [1.54, 1.807) is 12.3 Å². The van der Waals surface area contributed by atoms with Crippen LogP contribution < -0.4 is 5.73 Å². The summed E-state index contributed by atoms with van der Waals surface area (Å²) in [5.74, 6) is -0.349. The number of nitrogens with zero attached hydrogens (tertiary/aromatic N) is 1. The van der Waals surface area contributed by atoms with E-state index in [0.717, 1.165) is 5.56 Å². The van der Waals surface area contributed by atoms with Gasteiger partial charge >= 0.3 is 0 Å². The summed E-state index contributed by atoms with van der Waals surface area (Å²) in [7, 11) is 0. The van der Waals surface area contributed by atoms with Crippen LogP contribution in [0.3, 0.4) is 0 Å². The third-order valence-electron chi connectivity index (χ3n) is 2.14. The Hall–Kier alpha value is -1.39. The van der Waals surface area contributed by atoms with E-state index in [0.29, 0.717) is 22.8 Å². The van der Waals surface area contributed by atoms with Gasteiger partial charge in [0.05, 0.1) is 11.9 Å². The van der Waals surface area contributed by atoms with Crippen LogP contribution in [-0.4, -0.2) is 10.2 Å². The van der Waals surface area contributed by atoms with Crippen LogP contribution in [0.25, 0.3) is 11.3 Å². The van der Waals surface area contributed by atoms with Gasteiger partial charge in [0.15, 0.2) is 0 Å². The second-order valence-electron chi connectivity index (χ2n) is 3.10. The Morgan fingerprint density at radius 2 is 2.27 bits per heavy atom. The molecule has 0 saturated carbocycles. The summed E-state index contributed by atoms with van der Waals surface area (Å²) >= 11 is 5.80. The van der Waals surface area contributed by atoms with Crippen molar-refractivity contribution >= 4 is 11.6 Å². The van der Waals surface area contributed by atoms with Crippen LogP contribution in [0.4, 0.5) is 4.39 Å². The highest BCUT2D eigenvalue weighted by Gasteiger charge is 2.11.